The summed E-state index contributed by atoms with van der Waals surface area (Å²) in [5.74, 6) is 1.60. The van der Waals surface area contributed by atoms with Crippen LogP contribution in [0.5, 0.6) is 11.5 Å². The van der Waals surface area contributed by atoms with Crippen LogP contribution in [0.15, 0.2) is 30.5 Å². The molecular formula is C19H25N5O4. The van der Waals surface area contributed by atoms with Crippen molar-refractivity contribution in [2.45, 2.75) is 0 Å². The molecule has 150 valence electrons. The lowest BCUT2D eigenvalue weighted by molar-refractivity contribution is 0.0954. The minimum atomic E-state index is -0.202. The highest BCUT2D eigenvalue weighted by molar-refractivity contribution is 5.95. The van der Waals surface area contributed by atoms with Crippen molar-refractivity contribution >= 4 is 17.4 Å². The summed E-state index contributed by atoms with van der Waals surface area (Å²) in [7, 11) is 3.10. The fourth-order valence-corrected chi connectivity index (χ4v) is 2.84. The smallest absolute Gasteiger partial charge is 0.251 e. The highest BCUT2D eigenvalue weighted by Crippen LogP contribution is 2.22. The lowest BCUT2D eigenvalue weighted by atomic mass is 10.2. The SMILES string of the molecule is COc1cc(OC)cc(C(=O)NCCNc2cc(N3CCOCC3)cnn2)c1. The van der Waals surface area contributed by atoms with E-state index in [9.17, 15) is 4.79 Å². The van der Waals surface area contributed by atoms with Crippen molar-refractivity contribution in [2.24, 2.45) is 0 Å². The van der Waals surface area contributed by atoms with Gasteiger partial charge in [-0.25, -0.2) is 0 Å². The lowest BCUT2D eigenvalue weighted by Gasteiger charge is -2.28. The largest absolute Gasteiger partial charge is 0.497 e. The predicted molar refractivity (Wildman–Crippen MR) is 105 cm³/mol. The molecule has 1 aliphatic heterocycles. The van der Waals surface area contributed by atoms with Gasteiger partial charge in [-0.3, -0.25) is 4.79 Å². The van der Waals surface area contributed by atoms with Crippen LogP contribution < -0.4 is 25.0 Å². The summed E-state index contributed by atoms with van der Waals surface area (Å²) in [6.07, 6.45) is 1.74. The topological polar surface area (TPSA) is 97.8 Å². The number of methoxy groups -OCH3 is 2. The third kappa shape index (κ3) is 5.23. The van der Waals surface area contributed by atoms with Crippen molar-refractivity contribution in [3.8, 4) is 11.5 Å². The Morgan fingerprint density at radius 2 is 1.82 bits per heavy atom. The number of rotatable bonds is 8. The van der Waals surface area contributed by atoms with Crippen molar-refractivity contribution in [1.29, 1.82) is 0 Å². The molecule has 9 heteroatoms. The van der Waals surface area contributed by atoms with Crippen LogP contribution in [0.2, 0.25) is 0 Å². The zero-order chi connectivity index (χ0) is 19.8. The quantitative estimate of drug-likeness (QED) is 0.652. The van der Waals surface area contributed by atoms with Crippen molar-refractivity contribution in [1.82, 2.24) is 15.5 Å². The molecular weight excluding hydrogens is 362 g/mol. The average molecular weight is 387 g/mol. The van der Waals surface area contributed by atoms with Crippen LogP contribution in [0.1, 0.15) is 10.4 Å². The molecule has 9 nitrogen and oxygen atoms in total. The third-order valence-corrected chi connectivity index (χ3v) is 4.35. The van der Waals surface area contributed by atoms with Gasteiger partial charge in [0.15, 0.2) is 5.82 Å². The molecule has 0 atom stereocenters. The molecule has 1 aromatic carbocycles. The van der Waals surface area contributed by atoms with Crippen molar-refractivity contribution in [3.63, 3.8) is 0 Å². The van der Waals surface area contributed by atoms with Crippen LogP contribution in [0, 0.1) is 0 Å². The third-order valence-electron chi connectivity index (χ3n) is 4.35. The maximum Gasteiger partial charge on any atom is 0.251 e. The molecule has 0 unspecified atom stereocenters. The van der Waals surface area contributed by atoms with Crippen LogP contribution in [0.4, 0.5) is 11.5 Å². The second-order valence-corrected chi connectivity index (χ2v) is 6.18. The summed E-state index contributed by atoms with van der Waals surface area (Å²) >= 11 is 0. The summed E-state index contributed by atoms with van der Waals surface area (Å²) in [6, 6.07) is 7.01. The van der Waals surface area contributed by atoms with Gasteiger partial charge in [0.25, 0.3) is 5.91 Å². The van der Waals surface area contributed by atoms with E-state index >= 15 is 0 Å². The lowest BCUT2D eigenvalue weighted by Crippen LogP contribution is -2.36. The number of ether oxygens (including phenoxy) is 3. The van der Waals surface area contributed by atoms with Gasteiger partial charge in [0.1, 0.15) is 11.5 Å². The van der Waals surface area contributed by atoms with Crippen LogP contribution in [-0.2, 0) is 4.74 Å². The number of carbonyl (C=O) groups excluding carboxylic acids is 1. The molecule has 0 spiro atoms. The predicted octanol–water partition coefficient (Wildman–Crippen LogP) is 1.17. The van der Waals surface area contributed by atoms with Gasteiger partial charge in [0.2, 0.25) is 0 Å². The second kappa shape index (κ2) is 9.75. The molecule has 2 N–H and O–H groups in total. The van der Waals surface area contributed by atoms with E-state index in [1.807, 2.05) is 6.07 Å². The van der Waals surface area contributed by atoms with Gasteiger partial charge in [0, 0.05) is 43.9 Å². The first-order valence-electron chi connectivity index (χ1n) is 9.10. The standard InChI is InChI=1S/C19H25N5O4/c1-26-16-9-14(10-17(12-16)27-2)19(25)21-4-3-20-18-11-15(13-22-23-18)24-5-7-28-8-6-24/h9-13H,3-8H2,1-2H3,(H,20,23)(H,21,25). The van der Waals surface area contributed by atoms with E-state index in [-0.39, 0.29) is 5.91 Å². The van der Waals surface area contributed by atoms with Gasteiger partial charge < -0.3 is 29.7 Å². The molecule has 1 fully saturated rings. The Hall–Kier alpha value is -3.07. The van der Waals surface area contributed by atoms with E-state index in [4.69, 9.17) is 14.2 Å². The molecule has 0 bridgehead atoms. The number of anilines is 2. The van der Waals surface area contributed by atoms with E-state index in [1.54, 1.807) is 38.6 Å². The van der Waals surface area contributed by atoms with E-state index < -0.39 is 0 Å². The molecule has 0 aliphatic carbocycles. The van der Waals surface area contributed by atoms with Gasteiger partial charge in [-0.1, -0.05) is 0 Å². The average Bonchev–Trinajstić information content (AvgIpc) is 2.77. The van der Waals surface area contributed by atoms with Gasteiger partial charge in [-0.15, -0.1) is 5.10 Å². The minimum Gasteiger partial charge on any atom is -0.497 e. The minimum absolute atomic E-state index is 0.202. The number of benzene rings is 1. The summed E-state index contributed by atoms with van der Waals surface area (Å²) in [4.78, 5) is 14.6. The van der Waals surface area contributed by atoms with Gasteiger partial charge in [-0.05, 0) is 12.1 Å². The summed E-state index contributed by atoms with van der Waals surface area (Å²) in [5, 5.41) is 14.2. The molecule has 1 saturated heterocycles. The van der Waals surface area contributed by atoms with Crippen molar-refractivity contribution < 1.29 is 19.0 Å². The molecule has 0 radical (unpaired) electrons. The van der Waals surface area contributed by atoms with E-state index in [0.29, 0.717) is 49.2 Å². The number of nitrogens with one attached hydrogen (secondary N) is 2. The highest BCUT2D eigenvalue weighted by atomic mass is 16.5. The van der Waals surface area contributed by atoms with Gasteiger partial charge in [0.05, 0.1) is 39.3 Å². The van der Waals surface area contributed by atoms with Crippen LogP contribution >= 0.6 is 0 Å². The van der Waals surface area contributed by atoms with Crippen LogP contribution in [0.25, 0.3) is 0 Å². The first kappa shape index (κ1) is 19.7. The summed E-state index contributed by atoms with van der Waals surface area (Å²) in [5.41, 5.74) is 1.48. The Kier molecular flexibility index (Phi) is 6.85. The van der Waals surface area contributed by atoms with Crippen LogP contribution in [0.3, 0.4) is 0 Å². The Labute approximate surface area is 164 Å². The molecule has 2 aromatic rings. The monoisotopic (exact) mass is 387 g/mol. The number of carbonyl (C=O) groups is 1. The van der Waals surface area contributed by atoms with Crippen LogP contribution in [-0.4, -0.2) is 69.7 Å². The second-order valence-electron chi connectivity index (χ2n) is 6.18. The normalized spacial score (nSPS) is 13.7. The Morgan fingerprint density at radius 3 is 2.50 bits per heavy atom. The Bertz CT molecular complexity index is 773. The molecule has 1 amide bonds. The number of hydrogen-bond acceptors (Lipinski definition) is 8. The van der Waals surface area contributed by atoms with Crippen molar-refractivity contribution in [3.05, 3.63) is 36.0 Å². The van der Waals surface area contributed by atoms with E-state index in [0.717, 1.165) is 18.8 Å². The molecule has 1 aliphatic rings. The fraction of sp³-hybridized carbons (Fsp3) is 0.421. The molecule has 3 rings (SSSR count). The number of aromatic nitrogens is 2. The number of hydrogen-bond donors (Lipinski definition) is 2. The first-order chi connectivity index (χ1) is 13.7. The van der Waals surface area contributed by atoms with Crippen molar-refractivity contribution in [2.75, 3.05) is 63.8 Å². The number of amides is 1. The first-order valence-corrected chi connectivity index (χ1v) is 9.10. The maximum atomic E-state index is 12.4. The molecule has 1 aromatic heterocycles. The summed E-state index contributed by atoms with van der Waals surface area (Å²) < 4.78 is 15.8. The Morgan fingerprint density at radius 1 is 1.11 bits per heavy atom. The summed E-state index contributed by atoms with van der Waals surface area (Å²) in [6.45, 7) is 4.06. The van der Waals surface area contributed by atoms with E-state index in [1.165, 1.54) is 0 Å². The molecule has 28 heavy (non-hydrogen) atoms. The molecule has 2 heterocycles. The number of nitrogens with zero attached hydrogens (tertiary/aromatic N) is 3. The zero-order valence-electron chi connectivity index (χ0n) is 16.1. The maximum absolute atomic E-state index is 12.4. The van der Waals surface area contributed by atoms with Gasteiger partial charge >= 0.3 is 0 Å². The van der Waals surface area contributed by atoms with E-state index in [2.05, 4.69) is 25.7 Å². The number of morpholine rings is 1. The van der Waals surface area contributed by atoms with Gasteiger partial charge in [-0.2, -0.15) is 5.10 Å². The fourth-order valence-electron chi connectivity index (χ4n) is 2.84. The highest BCUT2D eigenvalue weighted by Gasteiger charge is 2.13. The Balaban J connectivity index is 1.50. The zero-order valence-corrected chi connectivity index (χ0v) is 16.1. The molecule has 0 saturated carbocycles.